The van der Waals surface area contributed by atoms with E-state index in [-0.39, 0.29) is 24.0 Å². The summed E-state index contributed by atoms with van der Waals surface area (Å²) in [4.78, 5) is 6.73. The molecule has 1 aliphatic rings. The van der Waals surface area contributed by atoms with E-state index in [2.05, 4.69) is 34.4 Å². The van der Waals surface area contributed by atoms with Gasteiger partial charge in [0, 0.05) is 44.8 Å². The van der Waals surface area contributed by atoms with Crippen LogP contribution in [0.2, 0.25) is 5.02 Å². The highest BCUT2D eigenvalue weighted by atomic mass is 127. The van der Waals surface area contributed by atoms with E-state index in [1.807, 2.05) is 24.3 Å². The van der Waals surface area contributed by atoms with Gasteiger partial charge in [0.1, 0.15) is 0 Å². The third-order valence-corrected chi connectivity index (χ3v) is 4.44. The first-order chi connectivity index (χ1) is 11.6. The number of ether oxygens (including phenoxy) is 1. The zero-order valence-corrected chi connectivity index (χ0v) is 18.4. The number of benzene rings is 1. The summed E-state index contributed by atoms with van der Waals surface area (Å²) in [5, 5.41) is 7.43. The van der Waals surface area contributed by atoms with Gasteiger partial charge in [0.25, 0.3) is 0 Å². The van der Waals surface area contributed by atoms with Crippen LogP contribution in [0.3, 0.4) is 0 Å². The van der Waals surface area contributed by atoms with E-state index in [4.69, 9.17) is 16.3 Å². The Morgan fingerprint density at radius 3 is 2.56 bits per heavy atom. The van der Waals surface area contributed by atoms with Gasteiger partial charge in [-0.25, -0.2) is 0 Å². The molecule has 0 bridgehead atoms. The van der Waals surface area contributed by atoms with E-state index in [1.165, 1.54) is 0 Å². The van der Waals surface area contributed by atoms with Crippen molar-refractivity contribution < 1.29 is 4.74 Å². The predicted octanol–water partition coefficient (Wildman–Crippen LogP) is 3.12. The van der Waals surface area contributed by atoms with Crippen LogP contribution >= 0.6 is 35.6 Å². The molecule has 5 nitrogen and oxygen atoms in total. The average Bonchev–Trinajstić information content (AvgIpc) is 2.54. The van der Waals surface area contributed by atoms with E-state index < -0.39 is 0 Å². The number of rotatable bonds is 6. The van der Waals surface area contributed by atoms with Crippen molar-refractivity contribution in [2.45, 2.75) is 39.0 Å². The fraction of sp³-hybridized carbons (Fsp3) is 0.611. The van der Waals surface area contributed by atoms with E-state index >= 15 is 0 Å². The van der Waals surface area contributed by atoms with Crippen molar-refractivity contribution in [1.82, 2.24) is 15.5 Å². The maximum Gasteiger partial charge on any atom is 0.191 e. The van der Waals surface area contributed by atoms with Gasteiger partial charge in [-0.1, -0.05) is 29.8 Å². The van der Waals surface area contributed by atoms with Gasteiger partial charge in [0.15, 0.2) is 5.96 Å². The Balaban J connectivity index is 0.00000312. The van der Waals surface area contributed by atoms with E-state index in [1.54, 1.807) is 7.05 Å². The Morgan fingerprint density at radius 1 is 1.24 bits per heavy atom. The quantitative estimate of drug-likeness (QED) is 0.284. The number of hydrogen-bond acceptors (Lipinski definition) is 3. The second-order valence-corrected chi connectivity index (χ2v) is 6.72. The molecule has 1 aromatic carbocycles. The minimum absolute atomic E-state index is 0. The lowest BCUT2D eigenvalue weighted by molar-refractivity contribution is -0.0679. The normalized spacial score (nSPS) is 21.5. The maximum absolute atomic E-state index is 6.17. The molecule has 2 rings (SSSR count). The lowest BCUT2D eigenvalue weighted by Crippen LogP contribution is -2.46. The van der Waals surface area contributed by atoms with Gasteiger partial charge in [-0.05, 0) is 31.9 Å². The van der Waals surface area contributed by atoms with Gasteiger partial charge in [-0.3, -0.25) is 9.89 Å². The molecular weight excluding hydrogens is 451 g/mol. The Labute approximate surface area is 173 Å². The van der Waals surface area contributed by atoms with Crippen LogP contribution in [-0.4, -0.2) is 56.3 Å². The summed E-state index contributed by atoms with van der Waals surface area (Å²) in [6, 6.07) is 7.85. The van der Waals surface area contributed by atoms with Crippen LogP contribution in [0.5, 0.6) is 0 Å². The molecule has 2 N–H and O–H groups in total. The molecule has 1 saturated heterocycles. The second kappa shape index (κ2) is 11.9. The Morgan fingerprint density at radius 2 is 1.92 bits per heavy atom. The van der Waals surface area contributed by atoms with Gasteiger partial charge in [-0.2, -0.15) is 0 Å². The third kappa shape index (κ3) is 8.11. The molecular formula is C18H30ClIN4O. The van der Waals surface area contributed by atoms with Gasteiger partial charge in [-0.15, -0.1) is 24.0 Å². The molecule has 7 heteroatoms. The molecule has 0 amide bonds. The fourth-order valence-corrected chi connectivity index (χ4v) is 3.22. The molecule has 1 aliphatic heterocycles. The van der Waals surface area contributed by atoms with E-state index in [9.17, 15) is 0 Å². The third-order valence-electron chi connectivity index (χ3n) is 4.07. The van der Waals surface area contributed by atoms with Crippen molar-refractivity contribution >= 4 is 41.5 Å². The smallest absolute Gasteiger partial charge is 0.191 e. The largest absolute Gasteiger partial charge is 0.373 e. The van der Waals surface area contributed by atoms with Gasteiger partial charge in [0.2, 0.25) is 0 Å². The maximum atomic E-state index is 6.17. The molecule has 25 heavy (non-hydrogen) atoms. The standard InChI is InChI=1S/C18H29ClN4O.HI/c1-14-12-23(13-15(2)24-14)10-6-9-21-18(20-3)22-11-16-7-4-5-8-17(16)19;/h4-5,7-8,14-15H,6,9-13H2,1-3H3,(H2,20,21,22);1H. The molecule has 142 valence electrons. The Hall–Kier alpha value is -0.570. The van der Waals surface area contributed by atoms with Gasteiger partial charge < -0.3 is 15.4 Å². The van der Waals surface area contributed by atoms with Crippen molar-refractivity contribution in [3.63, 3.8) is 0 Å². The number of morpholine rings is 1. The Bertz CT molecular complexity index is 534. The topological polar surface area (TPSA) is 48.9 Å². The van der Waals surface area contributed by atoms with Crippen molar-refractivity contribution in [2.75, 3.05) is 33.2 Å². The van der Waals surface area contributed by atoms with Crippen LogP contribution in [0.4, 0.5) is 0 Å². The van der Waals surface area contributed by atoms with Crippen LogP contribution < -0.4 is 10.6 Å². The summed E-state index contributed by atoms with van der Waals surface area (Å²) in [5.74, 6) is 0.804. The summed E-state index contributed by atoms with van der Waals surface area (Å²) >= 11 is 6.17. The SMILES string of the molecule is CN=C(NCCCN1CC(C)OC(C)C1)NCc1ccccc1Cl.I. The highest BCUT2D eigenvalue weighted by Gasteiger charge is 2.21. The Kier molecular flexibility index (Phi) is 10.7. The molecule has 2 unspecified atom stereocenters. The minimum atomic E-state index is 0. The minimum Gasteiger partial charge on any atom is -0.373 e. The average molecular weight is 481 g/mol. The number of nitrogens with one attached hydrogen (secondary N) is 2. The lowest BCUT2D eigenvalue weighted by atomic mass is 10.2. The molecule has 0 aliphatic carbocycles. The van der Waals surface area contributed by atoms with Crippen LogP contribution in [0.15, 0.2) is 29.3 Å². The molecule has 0 radical (unpaired) electrons. The van der Waals surface area contributed by atoms with Crippen molar-refractivity contribution in [3.05, 3.63) is 34.9 Å². The monoisotopic (exact) mass is 480 g/mol. The molecule has 0 spiro atoms. The number of guanidine groups is 1. The van der Waals surface area contributed by atoms with E-state index in [0.717, 1.165) is 49.1 Å². The van der Waals surface area contributed by atoms with Crippen LogP contribution in [0.1, 0.15) is 25.8 Å². The van der Waals surface area contributed by atoms with Crippen LogP contribution in [-0.2, 0) is 11.3 Å². The first kappa shape index (κ1) is 22.5. The van der Waals surface area contributed by atoms with Crippen LogP contribution in [0.25, 0.3) is 0 Å². The van der Waals surface area contributed by atoms with Crippen molar-refractivity contribution in [3.8, 4) is 0 Å². The van der Waals surface area contributed by atoms with E-state index in [0.29, 0.717) is 18.8 Å². The van der Waals surface area contributed by atoms with Gasteiger partial charge in [0.05, 0.1) is 12.2 Å². The lowest BCUT2D eigenvalue weighted by Gasteiger charge is -2.35. The molecule has 1 aromatic rings. The highest BCUT2D eigenvalue weighted by molar-refractivity contribution is 14.0. The number of hydrogen-bond donors (Lipinski definition) is 2. The highest BCUT2D eigenvalue weighted by Crippen LogP contribution is 2.14. The van der Waals surface area contributed by atoms with Crippen molar-refractivity contribution in [2.24, 2.45) is 4.99 Å². The first-order valence-electron chi connectivity index (χ1n) is 8.64. The number of nitrogens with zero attached hydrogens (tertiary/aromatic N) is 2. The second-order valence-electron chi connectivity index (χ2n) is 6.31. The zero-order chi connectivity index (χ0) is 17.4. The zero-order valence-electron chi connectivity index (χ0n) is 15.3. The summed E-state index contributed by atoms with van der Waals surface area (Å²) in [5.41, 5.74) is 1.07. The van der Waals surface area contributed by atoms with Crippen molar-refractivity contribution in [1.29, 1.82) is 0 Å². The first-order valence-corrected chi connectivity index (χ1v) is 9.02. The summed E-state index contributed by atoms with van der Waals surface area (Å²) < 4.78 is 5.76. The summed E-state index contributed by atoms with van der Waals surface area (Å²) in [7, 11) is 1.78. The van der Waals surface area contributed by atoms with Gasteiger partial charge >= 0.3 is 0 Å². The summed E-state index contributed by atoms with van der Waals surface area (Å²) in [6.45, 7) is 8.95. The predicted molar refractivity (Wildman–Crippen MR) is 116 cm³/mol. The fourth-order valence-electron chi connectivity index (χ4n) is 3.02. The number of halogens is 2. The molecule has 1 heterocycles. The molecule has 0 saturated carbocycles. The van der Waals surface area contributed by atoms with Crippen LogP contribution in [0, 0.1) is 0 Å². The molecule has 0 aromatic heterocycles. The summed E-state index contributed by atoms with van der Waals surface area (Å²) in [6.07, 6.45) is 1.73. The number of aliphatic imine (C=N–C) groups is 1. The molecule has 1 fully saturated rings. The molecule has 2 atom stereocenters.